The van der Waals surface area contributed by atoms with Crippen molar-refractivity contribution in [3.8, 4) is 22.9 Å². The summed E-state index contributed by atoms with van der Waals surface area (Å²) in [6.07, 6.45) is 1.06. The number of para-hydroxylation sites is 1. The van der Waals surface area contributed by atoms with Crippen LogP contribution in [0.5, 0.6) is 11.6 Å². The Kier molecular flexibility index (Phi) is 6.18. The van der Waals surface area contributed by atoms with E-state index in [1.54, 1.807) is 11.0 Å². The van der Waals surface area contributed by atoms with Gasteiger partial charge >= 0.3 is 0 Å². The molecule has 0 N–H and O–H groups in total. The molecule has 31 heavy (non-hydrogen) atoms. The molecular weight excluding hydrogens is 412 g/mol. The minimum absolute atomic E-state index is 0.159. The van der Waals surface area contributed by atoms with Gasteiger partial charge in [-0.2, -0.15) is 4.98 Å². The van der Waals surface area contributed by atoms with Crippen molar-refractivity contribution in [2.75, 3.05) is 17.3 Å². The van der Waals surface area contributed by atoms with Crippen molar-refractivity contribution in [2.24, 2.45) is 0 Å². The van der Waals surface area contributed by atoms with Crippen molar-refractivity contribution in [2.45, 2.75) is 25.2 Å². The third-order valence-electron chi connectivity index (χ3n) is 4.66. The zero-order chi connectivity index (χ0) is 21.8. The fourth-order valence-electron chi connectivity index (χ4n) is 3.36. The van der Waals surface area contributed by atoms with Crippen molar-refractivity contribution < 1.29 is 14.3 Å². The predicted molar refractivity (Wildman–Crippen MR) is 120 cm³/mol. The van der Waals surface area contributed by atoms with Crippen molar-refractivity contribution in [1.82, 2.24) is 15.2 Å². The molecule has 0 unspecified atom stereocenters. The predicted octanol–water partition coefficient (Wildman–Crippen LogP) is 4.66. The number of carbonyl (C=O) groups excluding carboxylic acids is 1. The molecule has 2 heterocycles. The Hall–Kier alpha value is -3.39. The molecule has 8 heteroatoms. The summed E-state index contributed by atoms with van der Waals surface area (Å²) >= 11 is 1.41. The number of benzene rings is 2. The largest absolute Gasteiger partial charge is 0.494 e. The van der Waals surface area contributed by atoms with Gasteiger partial charge < -0.3 is 9.47 Å². The zero-order valence-electron chi connectivity index (χ0n) is 17.3. The molecule has 1 amide bonds. The first-order valence-corrected chi connectivity index (χ1v) is 10.9. The molecule has 0 saturated heterocycles. The fraction of sp³-hybridized carbons (Fsp3) is 0.217. The summed E-state index contributed by atoms with van der Waals surface area (Å²) in [5.74, 6) is 1.58. The number of hydrogen-bond acceptors (Lipinski definition) is 7. The van der Waals surface area contributed by atoms with E-state index in [0.29, 0.717) is 34.8 Å². The summed E-state index contributed by atoms with van der Waals surface area (Å²) in [4.78, 5) is 19.0. The quantitative estimate of drug-likeness (QED) is 0.412. The van der Waals surface area contributed by atoms with Crippen LogP contribution in [0, 0.1) is 0 Å². The second kappa shape index (κ2) is 9.18. The van der Waals surface area contributed by atoms with Gasteiger partial charge in [-0.1, -0.05) is 36.0 Å². The van der Waals surface area contributed by atoms with Gasteiger partial charge in [0, 0.05) is 23.8 Å². The van der Waals surface area contributed by atoms with E-state index in [1.807, 2.05) is 55.5 Å². The fourth-order valence-corrected chi connectivity index (χ4v) is 3.87. The highest BCUT2D eigenvalue weighted by molar-refractivity contribution is 7.99. The number of amides is 1. The highest BCUT2D eigenvalue weighted by Gasteiger charge is 2.34. The van der Waals surface area contributed by atoms with Gasteiger partial charge in [-0.3, -0.25) is 9.69 Å². The molecular formula is C23H22N4O3S. The first-order valence-electron chi connectivity index (χ1n) is 9.89. The molecule has 1 atom stereocenters. The summed E-state index contributed by atoms with van der Waals surface area (Å²) in [6.45, 7) is 7.75. The van der Waals surface area contributed by atoms with Crippen LogP contribution >= 0.6 is 11.8 Å². The van der Waals surface area contributed by atoms with Gasteiger partial charge in [0.1, 0.15) is 5.75 Å². The van der Waals surface area contributed by atoms with Crippen LogP contribution in [0.4, 0.5) is 5.69 Å². The number of thioether (sulfide) groups is 1. The van der Waals surface area contributed by atoms with Crippen LogP contribution in [0.25, 0.3) is 11.3 Å². The maximum Gasteiger partial charge on any atom is 0.247 e. The van der Waals surface area contributed by atoms with Crippen LogP contribution in [-0.4, -0.2) is 33.4 Å². The van der Waals surface area contributed by atoms with Crippen LogP contribution < -0.4 is 14.4 Å². The zero-order valence-corrected chi connectivity index (χ0v) is 18.1. The number of carbonyl (C=O) groups is 1. The van der Waals surface area contributed by atoms with E-state index in [1.165, 1.54) is 18.7 Å². The Balaban J connectivity index is 1.85. The molecule has 2 aromatic carbocycles. The highest BCUT2D eigenvalue weighted by Crippen LogP contribution is 2.43. The Bertz CT molecular complexity index is 1100. The number of anilines is 1. The molecule has 3 aromatic rings. The first kappa shape index (κ1) is 20.9. The molecule has 0 saturated carbocycles. The van der Waals surface area contributed by atoms with Crippen molar-refractivity contribution in [1.29, 1.82) is 0 Å². The van der Waals surface area contributed by atoms with Gasteiger partial charge in [0.05, 0.1) is 12.3 Å². The van der Waals surface area contributed by atoms with E-state index in [9.17, 15) is 4.79 Å². The van der Waals surface area contributed by atoms with E-state index in [0.717, 1.165) is 16.9 Å². The van der Waals surface area contributed by atoms with Gasteiger partial charge in [-0.05, 0) is 37.3 Å². The summed E-state index contributed by atoms with van der Waals surface area (Å²) in [7, 11) is 0. The summed E-state index contributed by atoms with van der Waals surface area (Å²) in [5, 5.41) is 9.09. The van der Waals surface area contributed by atoms with Gasteiger partial charge in [0.25, 0.3) is 0 Å². The SMILES string of the molecule is C=CCSc1nnc2c(n1)O[C@H](c1ccc(OCC)cc1)N(C(C)=O)c1ccccc1-2. The lowest BCUT2D eigenvalue weighted by molar-refractivity contribution is -0.118. The molecule has 158 valence electrons. The second-order valence-corrected chi connectivity index (χ2v) is 7.71. The molecule has 1 aliphatic rings. The van der Waals surface area contributed by atoms with E-state index in [2.05, 4.69) is 21.8 Å². The minimum Gasteiger partial charge on any atom is -0.494 e. The van der Waals surface area contributed by atoms with Crippen LogP contribution in [-0.2, 0) is 4.79 Å². The smallest absolute Gasteiger partial charge is 0.247 e. The lowest BCUT2D eigenvalue weighted by atomic mass is 10.1. The van der Waals surface area contributed by atoms with Gasteiger partial charge in [0.15, 0.2) is 5.69 Å². The maximum atomic E-state index is 12.8. The summed E-state index contributed by atoms with van der Waals surface area (Å²) in [6, 6.07) is 15.0. The molecule has 1 aliphatic heterocycles. The van der Waals surface area contributed by atoms with Gasteiger partial charge in [0.2, 0.25) is 23.2 Å². The Morgan fingerprint density at radius 1 is 1.23 bits per heavy atom. The molecule has 0 fully saturated rings. The monoisotopic (exact) mass is 434 g/mol. The van der Waals surface area contributed by atoms with Crippen molar-refractivity contribution in [3.63, 3.8) is 0 Å². The lowest BCUT2D eigenvalue weighted by Gasteiger charge is -2.30. The molecule has 0 spiro atoms. The average Bonchev–Trinajstić information content (AvgIpc) is 2.92. The van der Waals surface area contributed by atoms with E-state index < -0.39 is 6.23 Å². The van der Waals surface area contributed by atoms with Crippen LogP contribution in [0.15, 0.2) is 66.3 Å². The van der Waals surface area contributed by atoms with Crippen molar-refractivity contribution >= 4 is 23.4 Å². The molecule has 0 radical (unpaired) electrons. The second-order valence-electron chi connectivity index (χ2n) is 6.73. The lowest BCUT2D eigenvalue weighted by Crippen LogP contribution is -2.36. The third kappa shape index (κ3) is 4.25. The minimum atomic E-state index is -0.718. The molecule has 4 rings (SSSR count). The number of aromatic nitrogens is 3. The van der Waals surface area contributed by atoms with Crippen LogP contribution in [0.2, 0.25) is 0 Å². The number of nitrogens with zero attached hydrogens (tertiary/aromatic N) is 4. The Morgan fingerprint density at radius 3 is 2.71 bits per heavy atom. The van der Waals surface area contributed by atoms with E-state index in [4.69, 9.17) is 9.47 Å². The van der Waals surface area contributed by atoms with Gasteiger partial charge in [-0.15, -0.1) is 16.8 Å². The standard InChI is InChI=1S/C23H22N4O3S/c1-4-14-31-23-24-21-20(25-26-23)18-8-6-7-9-19(18)27(15(3)28)22(30-21)16-10-12-17(13-11-16)29-5-2/h4,6-13,22H,1,5,14H2,2-3H3/t22-/m1/s1. The third-order valence-corrected chi connectivity index (χ3v) is 5.49. The van der Waals surface area contributed by atoms with Crippen LogP contribution in [0.1, 0.15) is 25.6 Å². The number of rotatable bonds is 6. The highest BCUT2D eigenvalue weighted by atomic mass is 32.2. The summed E-state index contributed by atoms with van der Waals surface area (Å²) in [5.41, 5.74) is 2.72. The summed E-state index contributed by atoms with van der Waals surface area (Å²) < 4.78 is 11.9. The topological polar surface area (TPSA) is 77.4 Å². The normalized spacial score (nSPS) is 14.6. The number of ether oxygens (including phenoxy) is 2. The molecule has 1 aromatic heterocycles. The van der Waals surface area contributed by atoms with E-state index >= 15 is 0 Å². The number of fused-ring (bicyclic) bond motifs is 3. The van der Waals surface area contributed by atoms with E-state index in [-0.39, 0.29) is 5.91 Å². The van der Waals surface area contributed by atoms with Crippen molar-refractivity contribution in [3.05, 3.63) is 66.7 Å². The van der Waals surface area contributed by atoms with Crippen LogP contribution in [0.3, 0.4) is 0 Å². The molecule has 0 bridgehead atoms. The molecule has 0 aliphatic carbocycles. The average molecular weight is 435 g/mol. The Labute approximate surface area is 185 Å². The Morgan fingerprint density at radius 2 is 2.00 bits per heavy atom. The molecule has 7 nitrogen and oxygen atoms in total. The first-order chi connectivity index (χ1) is 15.1. The number of hydrogen-bond donors (Lipinski definition) is 0. The van der Waals surface area contributed by atoms with Gasteiger partial charge in [-0.25, -0.2) is 0 Å². The maximum absolute atomic E-state index is 12.8.